The van der Waals surface area contributed by atoms with Crippen molar-refractivity contribution in [2.45, 2.75) is 130 Å². The van der Waals surface area contributed by atoms with E-state index < -0.39 is 32.5 Å². The molecule has 0 bridgehead atoms. The smallest absolute Gasteiger partial charge is 0.462 e. The Morgan fingerprint density at radius 2 is 1.04 bits per heavy atom. The molecule has 2 atom stereocenters. The standard InChI is InChI=1S/C39H63O8P/c1-4-7-9-11-13-15-17-19-20-22-23-25-27-29-31-33-38(40)44-35-37(36-46-48(42,43)45-6-3)47-39(41)34-32-30-28-26-24-21-18-16-14-12-10-8-5-2/h7-10,13-16,19-21,24,28,30,37H,4-6,11-12,17-18,22-23,25-27,29,31-36H2,1-3H3,(H,42,43)/b9-7-,10-8-,15-13-,16-14-,20-19-,24-21-,30-28-. The molecule has 0 radical (unpaired) electrons. The van der Waals surface area contributed by atoms with Crippen molar-refractivity contribution in [2.75, 3.05) is 19.8 Å². The average Bonchev–Trinajstić information content (AvgIpc) is 3.06. The summed E-state index contributed by atoms with van der Waals surface area (Å²) in [5.74, 6) is -0.925. The molecule has 0 spiro atoms. The van der Waals surface area contributed by atoms with Crippen molar-refractivity contribution in [3.63, 3.8) is 0 Å². The zero-order valence-corrected chi connectivity index (χ0v) is 30.7. The van der Waals surface area contributed by atoms with Gasteiger partial charge in [-0.1, -0.05) is 118 Å². The van der Waals surface area contributed by atoms with Gasteiger partial charge in [-0.05, 0) is 77.6 Å². The van der Waals surface area contributed by atoms with Gasteiger partial charge in [0.2, 0.25) is 0 Å². The minimum atomic E-state index is -4.30. The lowest BCUT2D eigenvalue weighted by Crippen LogP contribution is -2.29. The van der Waals surface area contributed by atoms with E-state index in [1.807, 2.05) is 12.2 Å². The highest BCUT2D eigenvalue weighted by atomic mass is 31.2. The van der Waals surface area contributed by atoms with E-state index in [2.05, 4.69) is 86.8 Å². The van der Waals surface area contributed by atoms with Crippen LogP contribution in [-0.2, 0) is 32.7 Å². The van der Waals surface area contributed by atoms with Gasteiger partial charge in [0.05, 0.1) is 13.2 Å². The summed E-state index contributed by atoms with van der Waals surface area (Å²) in [7, 11) is -4.30. The van der Waals surface area contributed by atoms with Crippen LogP contribution >= 0.6 is 7.82 Å². The van der Waals surface area contributed by atoms with Crippen molar-refractivity contribution in [3.05, 3.63) is 85.1 Å². The summed E-state index contributed by atoms with van der Waals surface area (Å²) in [5, 5.41) is 0. The Morgan fingerprint density at radius 3 is 1.58 bits per heavy atom. The van der Waals surface area contributed by atoms with Crippen LogP contribution in [0.3, 0.4) is 0 Å². The van der Waals surface area contributed by atoms with Crippen LogP contribution in [0.2, 0.25) is 0 Å². The summed E-state index contributed by atoms with van der Waals surface area (Å²) in [4.78, 5) is 34.5. The lowest BCUT2D eigenvalue weighted by atomic mass is 10.1. The SMILES string of the molecule is CC/C=C\C/C=C\C/C=C\C/C=C\CCC(=O)OC(COC(=O)CCCCCCC/C=C\C/C=C\C/C=C\CC)COP(=O)(O)OCC. The second kappa shape index (κ2) is 34.1. The van der Waals surface area contributed by atoms with Gasteiger partial charge in [0.25, 0.3) is 0 Å². The largest absolute Gasteiger partial charge is 0.472 e. The summed E-state index contributed by atoms with van der Waals surface area (Å²) >= 11 is 0. The van der Waals surface area contributed by atoms with Crippen molar-refractivity contribution in [3.8, 4) is 0 Å². The Bertz CT molecular complexity index is 1050. The van der Waals surface area contributed by atoms with Crippen LogP contribution in [-0.4, -0.2) is 42.8 Å². The molecule has 0 amide bonds. The molecule has 8 nitrogen and oxygen atoms in total. The molecule has 1 N–H and O–H groups in total. The predicted molar refractivity (Wildman–Crippen MR) is 197 cm³/mol. The Labute approximate surface area is 291 Å². The quantitative estimate of drug-likeness (QED) is 0.0331. The molecule has 0 rings (SSSR count). The molecule has 48 heavy (non-hydrogen) atoms. The molecule has 272 valence electrons. The molecule has 0 aromatic heterocycles. The van der Waals surface area contributed by atoms with Gasteiger partial charge in [0, 0.05) is 12.8 Å². The zero-order valence-electron chi connectivity index (χ0n) is 29.8. The third-order valence-electron chi connectivity index (χ3n) is 6.71. The van der Waals surface area contributed by atoms with Crippen LogP contribution in [0.4, 0.5) is 0 Å². The number of phosphoric acid groups is 1. The fourth-order valence-corrected chi connectivity index (χ4v) is 4.94. The van der Waals surface area contributed by atoms with E-state index >= 15 is 0 Å². The third-order valence-corrected chi connectivity index (χ3v) is 7.77. The van der Waals surface area contributed by atoms with E-state index in [0.717, 1.165) is 77.0 Å². The van der Waals surface area contributed by atoms with Crippen LogP contribution in [0, 0.1) is 0 Å². The van der Waals surface area contributed by atoms with Gasteiger partial charge in [-0.25, -0.2) is 4.57 Å². The van der Waals surface area contributed by atoms with Crippen LogP contribution < -0.4 is 0 Å². The summed E-state index contributed by atoms with van der Waals surface area (Å²) in [6, 6.07) is 0. The lowest BCUT2D eigenvalue weighted by Gasteiger charge is -2.19. The minimum Gasteiger partial charge on any atom is -0.462 e. The number of carbonyl (C=O) groups excluding carboxylic acids is 2. The second-order valence-corrected chi connectivity index (χ2v) is 12.6. The first-order valence-electron chi connectivity index (χ1n) is 17.9. The summed E-state index contributed by atoms with van der Waals surface area (Å²) < 4.78 is 32.3. The molecule has 0 fully saturated rings. The molecule has 0 aliphatic carbocycles. The maximum Gasteiger partial charge on any atom is 0.472 e. The van der Waals surface area contributed by atoms with E-state index in [4.69, 9.17) is 18.5 Å². The molecule has 0 aliphatic heterocycles. The van der Waals surface area contributed by atoms with E-state index in [9.17, 15) is 19.0 Å². The first-order chi connectivity index (χ1) is 23.3. The first-order valence-corrected chi connectivity index (χ1v) is 19.4. The van der Waals surface area contributed by atoms with Crippen LogP contribution in [0.15, 0.2) is 85.1 Å². The molecule has 9 heteroatoms. The van der Waals surface area contributed by atoms with Crippen molar-refractivity contribution in [2.24, 2.45) is 0 Å². The zero-order chi connectivity index (χ0) is 35.4. The van der Waals surface area contributed by atoms with Crippen LogP contribution in [0.5, 0.6) is 0 Å². The molecular weight excluding hydrogens is 627 g/mol. The predicted octanol–water partition coefficient (Wildman–Crippen LogP) is 10.8. The number of hydrogen-bond acceptors (Lipinski definition) is 7. The van der Waals surface area contributed by atoms with Gasteiger partial charge < -0.3 is 14.4 Å². The maximum absolute atomic E-state index is 12.4. The molecule has 0 aliphatic rings. The highest BCUT2D eigenvalue weighted by molar-refractivity contribution is 7.47. The molecule has 0 aromatic rings. The van der Waals surface area contributed by atoms with E-state index in [0.29, 0.717) is 12.8 Å². The minimum absolute atomic E-state index is 0.0200. The van der Waals surface area contributed by atoms with E-state index in [-0.39, 0.29) is 26.1 Å². The monoisotopic (exact) mass is 690 g/mol. The molecule has 0 saturated carbocycles. The van der Waals surface area contributed by atoms with Gasteiger partial charge in [-0.2, -0.15) is 0 Å². The van der Waals surface area contributed by atoms with Gasteiger partial charge in [-0.15, -0.1) is 0 Å². The fraction of sp³-hybridized carbons (Fsp3) is 0.590. The summed E-state index contributed by atoms with van der Waals surface area (Å²) in [6.07, 6.45) is 42.3. The number of unbranched alkanes of at least 4 members (excludes halogenated alkanes) is 5. The van der Waals surface area contributed by atoms with E-state index in [1.165, 1.54) is 0 Å². The molecule has 0 saturated heterocycles. The van der Waals surface area contributed by atoms with Crippen molar-refractivity contribution >= 4 is 19.8 Å². The van der Waals surface area contributed by atoms with E-state index in [1.54, 1.807) is 6.92 Å². The first kappa shape index (κ1) is 45.2. The fourth-order valence-electron chi connectivity index (χ4n) is 4.18. The van der Waals surface area contributed by atoms with Crippen LogP contribution in [0.25, 0.3) is 0 Å². The summed E-state index contributed by atoms with van der Waals surface area (Å²) in [5.41, 5.74) is 0. The Balaban J connectivity index is 4.33. The average molecular weight is 691 g/mol. The van der Waals surface area contributed by atoms with Crippen molar-refractivity contribution < 1.29 is 37.6 Å². The van der Waals surface area contributed by atoms with Crippen molar-refractivity contribution in [1.29, 1.82) is 0 Å². The number of rotatable bonds is 31. The van der Waals surface area contributed by atoms with Gasteiger partial charge in [-0.3, -0.25) is 18.6 Å². The highest BCUT2D eigenvalue weighted by Gasteiger charge is 2.25. The number of hydrogen-bond donors (Lipinski definition) is 1. The number of allylic oxidation sites excluding steroid dienone is 14. The molecule has 0 aromatic carbocycles. The highest BCUT2D eigenvalue weighted by Crippen LogP contribution is 2.43. The van der Waals surface area contributed by atoms with Crippen LogP contribution in [0.1, 0.15) is 124 Å². The number of carbonyl (C=O) groups is 2. The lowest BCUT2D eigenvalue weighted by molar-refractivity contribution is -0.161. The molecule has 0 heterocycles. The number of ether oxygens (including phenoxy) is 2. The second-order valence-electron chi connectivity index (χ2n) is 11.1. The Hall–Kier alpha value is -2.77. The topological polar surface area (TPSA) is 108 Å². The Kier molecular flexibility index (Phi) is 32.1. The molecule has 2 unspecified atom stereocenters. The summed E-state index contributed by atoms with van der Waals surface area (Å²) in [6.45, 7) is 5.09. The van der Waals surface area contributed by atoms with Gasteiger partial charge in [0.15, 0.2) is 6.10 Å². The number of phosphoric ester groups is 1. The number of esters is 2. The van der Waals surface area contributed by atoms with Crippen molar-refractivity contribution in [1.82, 2.24) is 0 Å². The maximum atomic E-state index is 12.4. The normalized spacial score (nSPS) is 14.5. The Morgan fingerprint density at radius 1 is 0.562 bits per heavy atom. The van der Waals surface area contributed by atoms with Gasteiger partial charge in [0.1, 0.15) is 6.61 Å². The third kappa shape index (κ3) is 33.1. The molecular formula is C39H63O8P. The van der Waals surface area contributed by atoms with Gasteiger partial charge >= 0.3 is 19.8 Å².